The summed E-state index contributed by atoms with van der Waals surface area (Å²) < 4.78 is 0. The van der Waals surface area contributed by atoms with E-state index < -0.39 is 0 Å². The predicted molar refractivity (Wildman–Crippen MR) is 85.9 cm³/mol. The average Bonchev–Trinajstić information content (AvgIpc) is 2.55. The number of carbonyl (C=O) groups is 1. The Morgan fingerprint density at radius 3 is 2.90 bits per heavy atom. The van der Waals surface area contributed by atoms with E-state index in [1.54, 1.807) is 0 Å². The van der Waals surface area contributed by atoms with Gasteiger partial charge in [0.2, 0.25) is 0 Å². The van der Waals surface area contributed by atoms with Crippen molar-refractivity contribution in [2.24, 2.45) is 0 Å². The van der Waals surface area contributed by atoms with Crippen LogP contribution in [0.4, 0.5) is 5.69 Å². The lowest BCUT2D eigenvalue weighted by Crippen LogP contribution is -2.38. The quantitative estimate of drug-likeness (QED) is 0.893. The van der Waals surface area contributed by atoms with Crippen LogP contribution in [0.2, 0.25) is 0 Å². The third-order valence-corrected chi connectivity index (χ3v) is 4.50. The first-order chi connectivity index (χ1) is 10.3. The van der Waals surface area contributed by atoms with Gasteiger partial charge in [-0.2, -0.15) is 0 Å². The largest absolute Gasteiger partial charge is 0.385 e. The molecule has 114 valence electrons. The number of hydrogen-bond acceptors (Lipinski definition) is 3. The van der Waals surface area contributed by atoms with Crippen LogP contribution < -0.4 is 10.6 Å². The zero-order valence-electron chi connectivity index (χ0n) is 12.7. The van der Waals surface area contributed by atoms with E-state index in [1.165, 1.54) is 37.9 Å². The van der Waals surface area contributed by atoms with E-state index in [9.17, 15) is 4.79 Å². The number of hydrogen-bond donors (Lipinski definition) is 2. The highest BCUT2D eigenvalue weighted by atomic mass is 16.1. The van der Waals surface area contributed by atoms with Crippen molar-refractivity contribution in [2.75, 3.05) is 38.0 Å². The van der Waals surface area contributed by atoms with E-state index in [4.69, 9.17) is 0 Å². The Morgan fingerprint density at radius 2 is 2.05 bits per heavy atom. The molecule has 1 fully saturated rings. The fraction of sp³-hybridized carbons (Fsp3) is 0.588. The predicted octanol–water partition coefficient (Wildman–Crippen LogP) is 2.26. The minimum absolute atomic E-state index is 0.0764. The molecule has 0 bridgehead atoms. The average molecular weight is 287 g/mol. The molecular formula is C17H25N3O. The Labute approximate surface area is 126 Å². The lowest BCUT2D eigenvalue weighted by molar-refractivity contribution is 0.0945. The number of fused-ring (bicyclic) bond motifs is 1. The van der Waals surface area contributed by atoms with Crippen molar-refractivity contribution < 1.29 is 4.79 Å². The van der Waals surface area contributed by atoms with Gasteiger partial charge in [0.15, 0.2) is 0 Å². The zero-order chi connectivity index (χ0) is 14.5. The summed E-state index contributed by atoms with van der Waals surface area (Å²) in [6.07, 6.45) is 6.05. The van der Waals surface area contributed by atoms with Crippen LogP contribution in [0.3, 0.4) is 0 Å². The number of benzene rings is 1. The number of rotatable bonds is 4. The summed E-state index contributed by atoms with van der Waals surface area (Å²) >= 11 is 0. The fourth-order valence-corrected chi connectivity index (χ4v) is 3.33. The van der Waals surface area contributed by atoms with Gasteiger partial charge >= 0.3 is 0 Å². The second-order valence-electron chi connectivity index (χ2n) is 6.02. The molecule has 2 aliphatic heterocycles. The highest BCUT2D eigenvalue weighted by molar-refractivity contribution is 5.97. The first-order valence-corrected chi connectivity index (χ1v) is 8.21. The maximum Gasteiger partial charge on any atom is 0.251 e. The molecule has 2 aliphatic rings. The molecule has 0 aromatic heterocycles. The highest BCUT2D eigenvalue weighted by Gasteiger charge is 2.17. The normalized spacial score (nSPS) is 18.7. The molecule has 4 nitrogen and oxygen atoms in total. The summed E-state index contributed by atoms with van der Waals surface area (Å²) in [5, 5.41) is 6.47. The van der Waals surface area contributed by atoms with E-state index in [0.717, 1.165) is 43.7 Å². The van der Waals surface area contributed by atoms with Crippen molar-refractivity contribution in [3.05, 3.63) is 29.3 Å². The van der Waals surface area contributed by atoms with Gasteiger partial charge in [-0.1, -0.05) is 12.5 Å². The van der Waals surface area contributed by atoms with E-state index in [-0.39, 0.29) is 5.91 Å². The summed E-state index contributed by atoms with van der Waals surface area (Å²) in [5.41, 5.74) is 3.16. The van der Waals surface area contributed by atoms with Crippen molar-refractivity contribution >= 4 is 11.6 Å². The molecule has 0 spiro atoms. The van der Waals surface area contributed by atoms with Gasteiger partial charge in [-0.3, -0.25) is 4.79 Å². The smallest absolute Gasteiger partial charge is 0.251 e. The molecular weight excluding hydrogens is 262 g/mol. The molecule has 0 atom stereocenters. The van der Waals surface area contributed by atoms with Gasteiger partial charge in [0.25, 0.3) is 5.91 Å². The molecule has 0 aliphatic carbocycles. The molecule has 0 saturated carbocycles. The lowest BCUT2D eigenvalue weighted by atomic mass is 9.97. The second-order valence-corrected chi connectivity index (χ2v) is 6.02. The van der Waals surface area contributed by atoms with Gasteiger partial charge in [0.1, 0.15) is 0 Å². The van der Waals surface area contributed by atoms with Crippen LogP contribution in [0, 0.1) is 0 Å². The van der Waals surface area contributed by atoms with Gasteiger partial charge in [0, 0.05) is 30.9 Å². The minimum Gasteiger partial charge on any atom is -0.385 e. The molecule has 0 radical (unpaired) electrons. The summed E-state index contributed by atoms with van der Waals surface area (Å²) in [5.74, 6) is 0.0764. The van der Waals surface area contributed by atoms with Crippen LogP contribution >= 0.6 is 0 Å². The van der Waals surface area contributed by atoms with Gasteiger partial charge in [-0.25, -0.2) is 0 Å². The molecule has 1 aromatic carbocycles. The van der Waals surface area contributed by atoms with E-state index in [1.807, 2.05) is 12.1 Å². The number of amides is 1. The summed E-state index contributed by atoms with van der Waals surface area (Å²) in [7, 11) is 0. The van der Waals surface area contributed by atoms with E-state index >= 15 is 0 Å². The van der Waals surface area contributed by atoms with Crippen LogP contribution in [-0.4, -0.2) is 43.5 Å². The molecule has 1 amide bonds. The number of carbonyl (C=O) groups excluding carboxylic acids is 1. The van der Waals surface area contributed by atoms with Crippen molar-refractivity contribution in [3.63, 3.8) is 0 Å². The number of likely N-dealkylation sites (tertiary alicyclic amines) is 1. The first kappa shape index (κ1) is 14.4. The van der Waals surface area contributed by atoms with Crippen molar-refractivity contribution in [3.8, 4) is 0 Å². The number of piperidine rings is 1. The second kappa shape index (κ2) is 6.94. The third-order valence-electron chi connectivity index (χ3n) is 4.50. The van der Waals surface area contributed by atoms with Crippen LogP contribution in [0.5, 0.6) is 0 Å². The maximum atomic E-state index is 12.4. The standard InChI is InChI=1S/C17H25N3O/c21-17(19-10-13-20-11-2-1-3-12-20)15-6-4-8-16-14(15)7-5-9-18-16/h4,6,8,18H,1-3,5,7,9-13H2,(H,19,21). The molecule has 1 saturated heterocycles. The molecule has 2 heterocycles. The van der Waals surface area contributed by atoms with Gasteiger partial charge < -0.3 is 15.5 Å². The molecule has 2 N–H and O–H groups in total. The van der Waals surface area contributed by atoms with Crippen molar-refractivity contribution in [1.29, 1.82) is 0 Å². The molecule has 21 heavy (non-hydrogen) atoms. The Hall–Kier alpha value is -1.55. The SMILES string of the molecule is O=C(NCCN1CCCCC1)c1cccc2c1CCCN2. The summed E-state index contributed by atoms with van der Waals surface area (Å²) in [4.78, 5) is 14.9. The van der Waals surface area contributed by atoms with Crippen LogP contribution in [0.25, 0.3) is 0 Å². The molecule has 3 rings (SSSR count). The summed E-state index contributed by atoms with van der Waals surface area (Å²) in [6, 6.07) is 5.98. The first-order valence-electron chi connectivity index (χ1n) is 8.21. The van der Waals surface area contributed by atoms with Crippen LogP contribution in [0.1, 0.15) is 41.6 Å². The zero-order valence-corrected chi connectivity index (χ0v) is 12.7. The summed E-state index contributed by atoms with van der Waals surface area (Å²) in [6.45, 7) is 5.09. The minimum atomic E-state index is 0.0764. The topological polar surface area (TPSA) is 44.4 Å². The molecule has 1 aromatic rings. The molecule has 4 heteroatoms. The van der Waals surface area contributed by atoms with E-state index in [0.29, 0.717) is 0 Å². The monoisotopic (exact) mass is 287 g/mol. The Kier molecular flexibility index (Phi) is 4.76. The third kappa shape index (κ3) is 3.56. The Bertz CT molecular complexity index is 495. The molecule has 0 unspecified atom stereocenters. The van der Waals surface area contributed by atoms with Gasteiger partial charge in [-0.15, -0.1) is 0 Å². The van der Waals surface area contributed by atoms with Gasteiger partial charge in [-0.05, 0) is 56.5 Å². The van der Waals surface area contributed by atoms with E-state index in [2.05, 4.69) is 21.6 Å². The highest BCUT2D eigenvalue weighted by Crippen LogP contribution is 2.25. The maximum absolute atomic E-state index is 12.4. The van der Waals surface area contributed by atoms with Gasteiger partial charge in [0.05, 0.1) is 0 Å². The number of nitrogens with one attached hydrogen (secondary N) is 2. The number of nitrogens with zero attached hydrogens (tertiary/aromatic N) is 1. The lowest BCUT2D eigenvalue weighted by Gasteiger charge is -2.26. The fourth-order valence-electron chi connectivity index (χ4n) is 3.33. The van der Waals surface area contributed by atoms with Crippen molar-refractivity contribution in [1.82, 2.24) is 10.2 Å². The number of anilines is 1. The van der Waals surface area contributed by atoms with Crippen molar-refractivity contribution in [2.45, 2.75) is 32.1 Å². The Balaban J connectivity index is 1.55. The van der Waals surface area contributed by atoms with Crippen LogP contribution in [-0.2, 0) is 6.42 Å². The Morgan fingerprint density at radius 1 is 1.19 bits per heavy atom. The van der Waals surface area contributed by atoms with Crippen LogP contribution in [0.15, 0.2) is 18.2 Å².